The molecule has 1 aliphatic heterocycles. The molecule has 1 saturated heterocycles. The van der Waals surface area contributed by atoms with Crippen LogP contribution in [0.5, 0.6) is 0 Å². The average Bonchev–Trinajstić information content (AvgIpc) is 2.11. The van der Waals surface area contributed by atoms with Crippen LogP contribution in [0.25, 0.3) is 0 Å². The number of amides is 1. The van der Waals surface area contributed by atoms with Gasteiger partial charge in [0.25, 0.3) is 21.1 Å². The van der Waals surface area contributed by atoms with Crippen LogP contribution in [0.2, 0.25) is 0 Å². The van der Waals surface area contributed by atoms with Gasteiger partial charge in [-0.25, -0.2) is 0 Å². The lowest BCUT2D eigenvalue weighted by atomic mass is 10.7. The minimum absolute atomic E-state index is 0.243. The fourth-order valence-corrected chi connectivity index (χ4v) is 2.01. The van der Waals surface area contributed by atoms with Crippen molar-refractivity contribution in [1.29, 1.82) is 0 Å². The van der Waals surface area contributed by atoms with E-state index in [0.29, 0.717) is 0 Å². The Morgan fingerprint density at radius 1 is 1.45 bits per heavy atom. The van der Waals surface area contributed by atoms with Crippen LogP contribution in [-0.2, 0) is 19.7 Å². The summed E-state index contributed by atoms with van der Waals surface area (Å²) in [7, 11) is -4.36. The van der Waals surface area contributed by atoms with Crippen LogP contribution in [0.4, 0.5) is 0 Å². The van der Waals surface area contributed by atoms with Gasteiger partial charge in [0.05, 0.1) is 0 Å². The van der Waals surface area contributed by atoms with Crippen molar-refractivity contribution in [2.24, 2.45) is 0 Å². The number of thioether (sulfide) groups is 1. The van der Waals surface area contributed by atoms with Crippen molar-refractivity contribution in [2.75, 3.05) is 0 Å². The highest BCUT2D eigenvalue weighted by atomic mass is 32.3. The van der Waals surface area contributed by atoms with Gasteiger partial charge in [0, 0.05) is 0 Å². The van der Waals surface area contributed by atoms with E-state index < -0.39 is 25.8 Å². The van der Waals surface area contributed by atoms with Gasteiger partial charge in [0.2, 0.25) is 4.71 Å². The quantitative estimate of drug-likeness (QED) is 0.394. The van der Waals surface area contributed by atoms with Crippen molar-refractivity contribution in [3.05, 3.63) is 0 Å². The predicted molar refractivity (Wildman–Crippen MR) is 36.1 cm³/mol. The van der Waals surface area contributed by atoms with Gasteiger partial charge in [0.1, 0.15) is 0 Å². The maximum absolute atomic E-state index is 10.4. The Morgan fingerprint density at radius 2 is 2.00 bits per heavy atom. The van der Waals surface area contributed by atoms with Gasteiger partial charge in [-0.15, -0.1) is 0 Å². The van der Waals surface area contributed by atoms with E-state index in [4.69, 9.17) is 4.55 Å². The second-order valence-corrected chi connectivity index (χ2v) is 4.60. The van der Waals surface area contributed by atoms with Gasteiger partial charge in [-0.05, 0) is 11.8 Å². The number of hydrogen-bond acceptors (Lipinski definition) is 5. The van der Waals surface area contributed by atoms with Gasteiger partial charge in [-0.1, -0.05) is 0 Å². The minimum Gasteiger partial charge on any atom is -0.321 e. The molecule has 0 aromatic heterocycles. The van der Waals surface area contributed by atoms with E-state index in [9.17, 15) is 18.0 Å². The molecule has 0 bridgehead atoms. The molecule has 1 unspecified atom stereocenters. The van der Waals surface area contributed by atoms with Crippen LogP contribution in [0.15, 0.2) is 0 Å². The summed E-state index contributed by atoms with van der Waals surface area (Å²) in [5, 5.41) is 0.870. The fourth-order valence-electron chi connectivity index (χ4n) is 0.481. The molecule has 2 N–H and O–H groups in total. The van der Waals surface area contributed by atoms with Crippen molar-refractivity contribution in [3.8, 4) is 0 Å². The Hall–Kier alpha value is -0.600. The summed E-state index contributed by atoms with van der Waals surface area (Å²) in [6.07, 6.45) is 0. The largest absolute Gasteiger partial charge is 0.321 e. The number of hydrogen-bond donors (Lipinski definition) is 2. The number of carbonyl (C=O) groups excluding carboxylic acids is 2. The second kappa shape index (κ2) is 2.47. The van der Waals surface area contributed by atoms with Gasteiger partial charge in [0.15, 0.2) is 0 Å². The summed E-state index contributed by atoms with van der Waals surface area (Å²) in [5.74, 6) is -1.00. The Labute approximate surface area is 66.1 Å². The van der Waals surface area contributed by atoms with E-state index in [1.54, 1.807) is 5.32 Å². The topological polar surface area (TPSA) is 101 Å². The first kappa shape index (κ1) is 8.50. The zero-order valence-corrected chi connectivity index (χ0v) is 6.61. The van der Waals surface area contributed by atoms with Crippen molar-refractivity contribution in [1.82, 2.24) is 5.32 Å². The van der Waals surface area contributed by atoms with E-state index in [1.165, 1.54) is 0 Å². The molecule has 0 radical (unpaired) electrons. The summed E-state index contributed by atoms with van der Waals surface area (Å²) in [4.78, 5) is 20.8. The molecule has 11 heavy (non-hydrogen) atoms. The third-order valence-corrected chi connectivity index (χ3v) is 3.33. The summed E-state index contributed by atoms with van der Waals surface area (Å²) >= 11 is 0.243. The predicted octanol–water partition coefficient (Wildman–Crippen LogP) is -1.45. The van der Waals surface area contributed by atoms with Crippen molar-refractivity contribution in [2.45, 2.75) is 4.71 Å². The first-order chi connectivity index (χ1) is 4.91. The van der Waals surface area contributed by atoms with Gasteiger partial charge in [-0.3, -0.25) is 14.1 Å². The smallest absolute Gasteiger partial charge is 0.300 e. The van der Waals surface area contributed by atoms with E-state index in [2.05, 4.69) is 0 Å². The molecule has 0 aliphatic carbocycles. The maximum atomic E-state index is 10.4. The van der Waals surface area contributed by atoms with Crippen LogP contribution in [0, 0.1) is 0 Å². The Balaban J connectivity index is 2.85. The summed E-state index contributed by atoms with van der Waals surface area (Å²) < 4.78 is 27.4. The molecule has 0 aromatic carbocycles. The third-order valence-electron chi connectivity index (χ3n) is 0.919. The molecule has 1 fully saturated rings. The van der Waals surface area contributed by atoms with Crippen LogP contribution in [0.3, 0.4) is 0 Å². The number of carbonyl (C=O) groups is 2. The Kier molecular flexibility index (Phi) is 1.90. The normalized spacial score (nSPS) is 25.4. The molecule has 1 amide bonds. The third kappa shape index (κ3) is 1.70. The minimum atomic E-state index is -4.36. The number of nitrogens with one attached hydrogen (secondary N) is 1. The molecular formula is C3H3NO5S2. The van der Waals surface area contributed by atoms with Crippen LogP contribution in [-0.4, -0.2) is 28.7 Å². The average molecular weight is 197 g/mol. The molecule has 1 aliphatic rings. The van der Waals surface area contributed by atoms with Gasteiger partial charge in [-0.2, -0.15) is 8.42 Å². The SMILES string of the molecule is O=C1NC(S(=O)(=O)O)SC1=O. The summed E-state index contributed by atoms with van der Waals surface area (Å²) in [6.45, 7) is 0. The molecular weight excluding hydrogens is 194 g/mol. The van der Waals surface area contributed by atoms with Crippen LogP contribution >= 0.6 is 11.8 Å². The van der Waals surface area contributed by atoms with Crippen molar-refractivity contribution < 1.29 is 22.6 Å². The summed E-state index contributed by atoms with van der Waals surface area (Å²) in [6, 6.07) is 0. The van der Waals surface area contributed by atoms with E-state index in [-0.39, 0.29) is 11.8 Å². The standard InChI is InChI=1S/C3H3NO5S2/c5-1-2(6)10-3(4-1)11(7,8)9/h3H,(H,4,5)(H,7,8,9). The van der Waals surface area contributed by atoms with Crippen molar-refractivity contribution >= 4 is 32.9 Å². The Bertz CT molecular complexity index is 290. The first-order valence-corrected chi connectivity index (χ1v) is 4.77. The number of rotatable bonds is 1. The first-order valence-electron chi connectivity index (χ1n) is 2.39. The maximum Gasteiger partial charge on any atom is 0.300 e. The lowest BCUT2D eigenvalue weighted by Gasteiger charge is -2.00. The van der Waals surface area contributed by atoms with E-state index >= 15 is 0 Å². The molecule has 1 heterocycles. The van der Waals surface area contributed by atoms with E-state index in [1.807, 2.05) is 0 Å². The Morgan fingerprint density at radius 3 is 2.18 bits per heavy atom. The second-order valence-electron chi connectivity index (χ2n) is 1.73. The molecule has 8 heteroatoms. The highest BCUT2D eigenvalue weighted by Gasteiger charge is 2.38. The highest BCUT2D eigenvalue weighted by Crippen LogP contribution is 2.20. The zero-order chi connectivity index (χ0) is 8.65. The molecule has 0 saturated carbocycles. The fraction of sp³-hybridized carbons (Fsp3) is 0.333. The molecule has 62 valence electrons. The molecule has 0 aromatic rings. The molecule has 6 nitrogen and oxygen atoms in total. The van der Waals surface area contributed by atoms with Gasteiger partial charge < -0.3 is 5.32 Å². The highest BCUT2D eigenvalue weighted by molar-refractivity contribution is 8.23. The monoisotopic (exact) mass is 197 g/mol. The lowest BCUT2D eigenvalue weighted by Crippen LogP contribution is -2.31. The van der Waals surface area contributed by atoms with Gasteiger partial charge >= 0.3 is 0 Å². The van der Waals surface area contributed by atoms with E-state index in [0.717, 1.165) is 0 Å². The molecule has 1 atom stereocenters. The molecule has 0 spiro atoms. The van der Waals surface area contributed by atoms with Crippen LogP contribution < -0.4 is 5.32 Å². The lowest BCUT2D eigenvalue weighted by molar-refractivity contribution is -0.132. The van der Waals surface area contributed by atoms with Crippen LogP contribution in [0.1, 0.15) is 0 Å². The van der Waals surface area contributed by atoms with Crippen molar-refractivity contribution in [3.63, 3.8) is 0 Å². The molecule has 1 rings (SSSR count). The summed E-state index contributed by atoms with van der Waals surface area (Å²) in [5.41, 5.74) is 0. The zero-order valence-electron chi connectivity index (χ0n) is 4.97.